The van der Waals surface area contributed by atoms with Crippen molar-refractivity contribution >= 4 is 17.8 Å². The second-order valence-corrected chi connectivity index (χ2v) is 7.40. The Balaban J connectivity index is 1.92. The molecule has 1 saturated heterocycles. The van der Waals surface area contributed by atoms with Crippen molar-refractivity contribution in [2.24, 2.45) is 4.99 Å². The van der Waals surface area contributed by atoms with Gasteiger partial charge in [0.05, 0.1) is 12.3 Å². The van der Waals surface area contributed by atoms with E-state index in [1.807, 2.05) is 6.08 Å². The van der Waals surface area contributed by atoms with Crippen LogP contribution in [0, 0.1) is 13.8 Å². The summed E-state index contributed by atoms with van der Waals surface area (Å²) in [5.41, 5.74) is 4.46. The number of aliphatic imine (C=N–C) groups is 1. The van der Waals surface area contributed by atoms with Crippen molar-refractivity contribution in [3.8, 4) is 0 Å². The van der Waals surface area contributed by atoms with Crippen molar-refractivity contribution in [1.29, 1.82) is 0 Å². The summed E-state index contributed by atoms with van der Waals surface area (Å²) in [6.45, 7) is 10.2. The van der Waals surface area contributed by atoms with Crippen LogP contribution in [0.1, 0.15) is 49.7 Å². The van der Waals surface area contributed by atoms with Gasteiger partial charge in [-0.2, -0.15) is 0 Å². The molecule has 1 aromatic rings. The molecule has 0 unspecified atom stereocenters. The molecule has 0 aliphatic carbocycles. The van der Waals surface area contributed by atoms with Gasteiger partial charge in [0.1, 0.15) is 11.3 Å². The van der Waals surface area contributed by atoms with Crippen molar-refractivity contribution < 1.29 is 14.6 Å². The number of esters is 1. The molecule has 3 rings (SSSR count). The summed E-state index contributed by atoms with van der Waals surface area (Å²) in [4.78, 5) is 18.8. The van der Waals surface area contributed by atoms with E-state index in [-0.39, 0.29) is 17.9 Å². The number of piperidine rings is 1. The molecule has 1 fully saturated rings. The molecule has 0 saturated carbocycles. The van der Waals surface area contributed by atoms with Gasteiger partial charge in [-0.05, 0) is 78.4 Å². The van der Waals surface area contributed by atoms with Crippen molar-refractivity contribution in [2.75, 3.05) is 26.7 Å². The van der Waals surface area contributed by atoms with Gasteiger partial charge in [-0.15, -0.1) is 0 Å². The average molecular weight is 371 g/mol. The van der Waals surface area contributed by atoms with Gasteiger partial charge in [0.15, 0.2) is 5.76 Å². The number of carbonyl (C=O) groups excluding carboxylic acids is 1. The molecule has 6 heteroatoms. The lowest BCUT2D eigenvalue weighted by Gasteiger charge is -2.31. The fourth-order valence-electron chi connectivity index (χ4n) is 4.05. The van der Waals surface area contributed by atoms with Crippen molar-refractivity contribution in [2.45, 2.75) is 46.6 Å². The van der Waals surface area contributed by atoms with Gasteiger partial charge in [-0.1, -0.05) is 0 Å². The first-order valence-corrected chi connectivity index (χ1v) is 9.58. The zero-order valence-corrected chi connectivity index (χ0v) is 16.9. The van der Waals surface area contributed by atoms with Crippen LogP contribution in [0.25, 0.3) is 6.08 Å². The lowest BCUT2D eigenvalue weighted by molar-refractivity contribution is -0.138. The molecule has 0 bridgehead atoms. The van der Waals surface area contributed by atoms with Gasteiger partial charge < -0.3 is 19.3 Å². The fraction of sp³-hybridized carbons (Fsp3) is 0.524. The number of aryl methyl sites for hydroxylation is 1. The highest BCUT2D eigenvalue weighted by Gasteiger charge is 2.28. The number of hydrogen-bond acceptors (Lipinski definition) is 5. The second kappa shape index (κ2) is 7.72. The van der Waals surface area contributed by atoms with E-state index >= 15 is 0 Å². The minimum Gasteiger partial charge on any atom is -0.505 e. The molecule has 0 radical (unpaired) electrons. The Morgan fingerprint density at radius 3 is 2.63 bits per heavy atom. The molecule has 2 aliphatic heterocycles. The molecule has 6 nitrogen and oxygen atoms in total. The Bertz CT molecular complexity index is 837. The van der Waals surface area contributed by atoms with Gasteiger partial charge >= 0.3 is 5.97 Å². The number of nitrogens with zero attached hydrogens (tertiary/aromatic N) is 3. The first kappa shape index (κ1) is 19.4. The number of ether oxygens (including phenoxy) is 1. The monoisotopic (exact) mass is 371 g/mol. The van der Waals surface area contributed by atoms with Gasteiger partial charge in [0.2, 0.25) is 0 Å². The van der Waals surface area contributed by atoms with Gasteiger partial charge in [-0.3, -0.25) is 0 Å². The molecule has 0 amide bonds. The van der Waals surface area contributed by atoms with E-state index in [1.54, 1.807) is 13.8 Å². The van der Waals surface area contributed by atoms with Crippen LogP contribution >= 0.6 is 0 Å². The summed E-state index contributed by atoms with van der Waals surface area (Å²) >= 11 is 0. The number of aliphatic hydroxyl groups excluding tert-OH is 1. The van der Waals surface area contributed by atoms with Crippen LogP contribution in [-0.2, 0) is 9.53 Å². The van der Waals surface area contributed by atoms with Crippen LogP contribution in [0.15, 0.2) is 28.1 Å². The standard InChI is InChI=1S/C21H29N3O3/c1-6-27-21(26)19-14(3)22-18(20(19)25)12-16-11-13(2)24(15(16)4)17-7-9-23(5)10-8-17/h11-12,17,25H,6-10H2,1-5H3/b18-12+. The second-order valence-electron chi connectivity index (χ2n) is 7.40. The van der Waals surface area contributed by atoms with Crippen LogP contribution in [0.5, 0.6) is 0 Å². The number of carbonyl (C=O) groups is 1. The van der Waals surface area contributed by atoms with Crippen LogP contribution in [0.4, 0.5) is 0 Å². The Hall–Kier alpha value is -2.34. The molecule has 2 aliphatic rings. The summed E-state index contributed by atoms with van der Waals surface area (Å²) < 4.78 is 7.43. The van der Waals surface area contributed by atoms with Gasteiger partial charge in [0.25, 0.3) is 0 Å². The van der Waals surface area contributed by atoms with Crippen LogP contribution in [0.3, 0.4) is 0 Å². The molecule has 0 spiro atoms. The zero-order valence-electron chi connectivity index (χ0n) is 16.9. The lowest BCUT2D eigenvalue weighted by atomic mass is 10.0. The maximum absolute atomic E-state index is 12.1. The molecule has 0 aromatic carbocycles. The predicted molar refractivity (Wildman–Crippen MR) is 107 cm³/mol. The summed E-state index contributed by atoms with van der Waals surface area (Å²) in [5, 5.41) is 10.5. The number of rotatable bonds is 4. The molecule has 3 heterocycles. The maximum atomic E-state index is 12.1. The molecular formula is C21H29N3O3. The fourth-order valence-corrected chi connectivity index (χ4v) is 4.05. The topological polar surface area (TPSA) is 67.1 Å². The minimum atomic E-state index is -0.531. The molecule has 1 N–H and O–H groups in total. The third-order valence-electron chi connectivity index (χ3n) is 5.48. The maximum Gasteiger partial charge on any atom is 0.343 e. The Morgan fingerprint density at radius 1 is 1.33 bits per heavy atom. The van der Waals surface area contributed by atoms with Crippen molar-refractivity contribution in [1.82, 2.24) is 9.47 Å². The van der Waals surface area contributed by atoms with E-state index in [4.69, 9.17) is 4.74 Å². The number of likely N-dealkylation sites (tertiary alicyclic amines) is 1. The summed E-state index contributed by atoms with van der Waals surface area (Å²) in [7, 11) is 2.16. The molecule has 27 heavy (non-hydrogen) atoms. The molecule has 1 aromatic heterocycles. The van der Waals surface area contributed by atoms with E-state index in [9.17, 15) is 9.90 Å². The first-order chi connectivity index (χ1) is 12.8. The van der Waals surface area contributed by atoms with Gasteiger partial charge in [0, 0.05) is 17.4 Å². The van der Waals surface area contributed by atoms with Crippen molar-refractivity contribution in [3.05, 3.63) is 40.0 Å². The Morgan fingerprint density at radius 2 is 2.00 bits per heavy atom. The number of aromatic nitrogens is 1. The quantitative estimate of drug-likeness (QED) is 0.822. The highest BCUT2D eigenvalue weighted by Crippen LogP contribution is 2.31. The number of hydrogen-bond donors (Lipinski definition) is 1. The van der Waals surface area contributed by atoms with E-state index in [0.29, 0.717) is 17.5 Å². The largest absolute Gasteiger partial charge is 0.505 e. The Labute approximate surface area is 160 Å². The van der Waals surface area contributed by atoms with Gasteiger partial charge in [-0.25, -0.2) is 9.79 Å². The molecule has 146 valence electrons. The van der Waals surface area contributed by atoms with E-state index in [2.05, 4.69) is 41.4 Å². The molecule has 0 atom stereocenters. The minimum absolute atomic E-state index is 0.102. The van der Waals surface area contributed by atoms with E-state index in [0.717, 1.165) is 31.5 Å². The Kier molecular flexibility index (Phi) is 5.56. The third kappa shape index (κ3) is 3.72. The van der Waals surface area contributed by atoms with Crippen LogP contribution in [0.2, 0.25) is 0 Å². The highest BCUT2D eigenvalue weighted by atomic mass is 16.5. The first-order valence-electron chi connectivity index (χ1n) is 9.58. The van der Waals surface area contributed by atoms with E-state index in [1.165, 1.54) is 11.4 Å². The summed E-state index contributed by atoms with van der Waals surface area (Å²) in [6.07, 6.45) is 4.13. The third-order valence-corrected chi connectivity index (χ3v) is 5.48. The van der Waals surface area contributed by atoms with Crippen molar-refractivity contribution in [3.63, 3.8) is 0 Å². The van der Waals surface area contributed by atoms with Crippen LogP contribution in [-0.4, -0.2) is 53.0 Å². The SMILES string of the molecule is CCOC(=O)C1=C(O)/C(=C\c2cc(C)n(C3CCN(C)CC3)c2C)N=C1C. The summed E-state index contributed by atoms with van der Waals surface area (Å²) in [6, 6.07) is 2.63. The average Bonchev–Trinajstić information content (AvgIpc) is 3.05. The predicted octanol–water partition coefficient (Wildman–Crippen LogP) is 3.56. The smallest absolute Gasteiger partial charge is 0.343 e. The molecular weight excluding hydrogens is 342 g/mol. The summed E-state index contributed by atoms with van der Waals surface area (Å²) in [5.74, 6) is -0.633. The number of aliphatic hydroxyl groups is 1. The lowest BCUT2D eigenvalue weighted by Crippen LogP contribution is -2.32. The normalized spacial score (nSPS) is 20.5. The highest BCUT2D eigenvalue weighted by molar-refractivity contribution is 6.22. The van der Waals surface area contributed by atoms with E-state index < -0.39 is 5.97 Å². The van der Waals surface area contributed by atoms with Crippen LogP contribution < -0.4 is 0 Å². The zero-order chi connectivity index (χ0) is 19.7.